The zero-order valence-electron chi connectivity index (χ0n) is 13.1. The number of nitrogens with one attached hydrogen (secondary N) is 1. The summed E-state index contributed by atoms with van der Waals surface area (Å²) in [6.07, 6.45) is 3.96. The number of rotatable bonds is 4. The summed E-state index contributed by atoms with van der Waals surface area (Å²) in [5.41, 5.74) is 1.95. The van der Waals surface area contributed by atoms with Crippen molar-refractivity contribution in [2.75, 3.05) is 13.2 Å². The lowest BCUT2D eigenvalue weighted by atomic mass is 9.85. The van der Waals surface area contributed by atoms with Gasteiger partial charge < -0.3 is 10.4 Å². The fraction of sp³-hybridized carbons (Fsp3) is 0.444. The van der Waals surface area contributed by atoms with E-state index in [1.165, 1.54) is 4.90 Å². The van der Waals surface area contributed by atoms with Crippen LogP contribution in [0.4, 0.5) is 0 Å². The van der Waals surface area contributed by atoms with E-state index in [0.717, 1.165) is 31.2 Å². The van der Waals surface area contributed by atoms with Crippen LogP contribution in [0.1, 0.15) is 41.6 Å². The molecule has 2 N–H and O–H groups in total. The van der Waals surface area contributed by atoms with Crippen LogP contribution in [-0.4, -0.2) is 41.0 Å². The molecule has 0 saturated heterocycles. The monoisotopic (exact) mass is 314 g/mol. The van der Waals surface area contributed by atoms with Crippen molar-refractivity contribution in [1.29, 1.82) is 0 Å². The fourth-order valence-corrected chi connectivity index (χ4v) is 3.51. The van der Waals surface area contributed by atoms with Crippen LogP contribution < -0.4 is 5.32 Å². The van der Waals surface area contributed by atoms with E-state index < -0.39 is 0 Å². The van der Waals surface area contributed by atoms with Crippen molar-refractivity contribution >= 4 is 17.5 Å². The molecule has 1 aliphatic heterocycles. The molecule has 0 spiro atoms. The number of carbonyl (C=O) groups is 2. The van der Waals surface area contributed by atoms with E-state index in [9.17, 15) is 14.7 Å². The summed E-state index contributed by atoms with van der Waals surface area (Å²) < 4.78 is 0. The molecular weight excluding hydrogens is 292 g/mol. The summed E-state index contributed by atoms with van der Waals surface area (Å²) in [5.74, 6) is -0.261. The molecule has 3 rings (SSSR count). The first-order chi connectivity index (χ1) is 11.1. The highest BCUT2D eigenvalue weighted by Crippen LogP contribution is 2.31. The summed E-state index contributed by atoms with van der Waals surface area (Å²) in [7, 11) is 0. The molecular formula is C18H22N2O3. The van der Waals surface area contributed by atoms with Crippen molar-refractivity contribution in [3.8, 4) is 0 Å². The topological polar surface area (TPSA) is 69.6 Å². The minimum absolute atomic E-state index is 0.00500. The zero-order chi connectivity index (χ0) is 16.4. The highest BCUT2D eigenvalue weighted by Gasteiger charge is 2.33. The minimum Gasteiger partial charge on any atom is -0.396 e. The van der Waals surface area contributed by atoms with Crippen LogP contribution in [0.5, 0.6) is 0 Å². The van der Waals surface area contributed by atoms with Gasteiger partial charge in [0.1, 0.15) is 6.54 Å². The Balaban J connectivity index is 1.65. The number of benzene rings is 1. The molecule has 1 saturated carbocycles. The molecule has 2 aliphatic rings. The van der Waals surface area contributed by atoms with Crippen molar-refractivity contribution in [3.05, 3.63) is 42.0 Å². The molecule has 0 bridgehead atoms. The predicted molar refractivity (Wildman–Crippen MR) is 87.5 cm³/mol. The van der Waals surface area contributed by atoms with Crippen LogP contribution in [0.25, 0.3) is 5.70 Å². The van der Waals surface area contributed by atoms with Gasteiger partial charge in [0.05, 0.1) is 0 Å². The molecule has 1 aromatic rings. The van der Waals surface area contributed by atoms with Gasteiger partial charge in [0, 0.05) is 35.4 Å². The molecule has 1 heterocycles. The maximum atomic E-state index is 12.4. The Morgan fingerprint density at radius 1 is 1.26 bits per heavy atom. The first-order valence-corrected chi connectivity index (χ1v) is 8.12. The minimum atomic E-state index is -0.197. The SMILES string of the molecule is C=C1c2ccccc2C(=O)N1CC(=O)NC1CCCCC1CO. The summed E-state index contributed by atoms with van der Waals surface area (Å²) in [6.45, 7) is 4.01. The lowest BCUT2D eigenvalue weighted by Gasteiger charge is -2.31. The number of fused-ring (bicyclic) bond motifs is 1. The third-order valence-corrected chi connectivity index (χ3v) is 4.83. The molecule has 2 atom stereocenters. The summed E-state index contributed by atoms with van der Waals surface area (Å²) in [5, 5.41) is 12.4. The molecule has 23 heavy (non-hydrogen) atoms. The van der Waals surface area contributed by atoms with Gasteiger partial charge in [-0.05, 0) is 18.9 Å². The number of hydrogen-bond donors (Lipinski definition) is 2. The zero-order valence-corrected chi connectivity index (χ0v) is 13.1. The summed E-state index contributed by atoms with van der Waals surface area (Å²) in [6, 6.07) is 7.26. The van der Waals surface area contributed by atoms with Crippen molar-refractivity contribution in [2.24, 2.45) is 5.92 Å². The van der Waals surface area contributed by atoms with Crippen molar-refractivity contribution in [1.82, 2.24) is 10.2 Å². The molecule has 5 nitrogen and oxygen atoms in total. The average Bonchev–Trinajstić information content (AvgIpc) is 2.81. The maximum absolute atomic E-state index is 12.4. The van der Waals surface area contributed by atoms with E-state index in [-0.39, 0.29) is 36.9 Å². The standard InChI is InChI=1S/C18H22N2O3/c1-12-14-7-3-4-8-15(14)18(23)20(12)10-17(22)19-16-9-5-2-6-13(16)11-21/h3-4,7-8,13,16,21H,1-2,5-6,9-11H2,(H,19,22). The lowest BCUT2D eigenvalue weighted by Crippen LogP contribution is -2.47. The second-order valence-corrected chi connectivity index (χ2v) is 6.28. The Labute approximate surface area is 136 Å². The molecule has 2 unspecified atom stereocenters. The molecule has 2 amide bonds. The van der Waals surface area contributed by atoms with Gasteiger partial charge in [-0.2, -0.15) is 0 Å². The normalized spacial score (nSPS) is 23.8. The summed E-state index contributed by atoms with van der Waals surface area (Å²) in [4.78, 5) is 26.2. The fourth-order valence-electron chi connectivity index (χ4n) is 3.51. The average molecular weight is 314 g/mol. The van der Waals surface area contributed by atoms with Crippen LogP contribution in [0.3, 0.4) is 0 Å². The predicted octanol–water partition coefficient (Wildman–Crippen LogP) is 1.78. The van der Waals surface area contributed by atoms with Crippen molar-refractivity contribution in [3.63, 3.8) is 0 Å². The first-order valence-electron chi connectivity index (χ1n) is 8.12. The first kappa shape index (κ1) is 15.7. The van der Waals surface area contributed by atoms with Crippen molar-refractivity contribution < 1.29 is 14.7 Å². The number of nitrogens with zero attached hydrogens (tertiary/aromatic N) is 1. The van der Waals surface area contributed by atoms with Crippen LogP contribution in [0, 0.1) is 5.92 Å². The Kier molecular flexibility index (Phi) is 4.48. The highest BCUT2D eigenvalue weighted by molar-refractivity contribution is 6.10. The van der Waals surface area contributed by atoms with E-state index in [2.05, 4.69) is 11.9 Å². The number of amides is 2. The second kappa shape index (κ2) is 6.54. The number of aliphatic hydroxyl groups excluding tert-OH is 1. The maximum Gasteiger partial charge on any atom is 0.259 e. The van der Waals surface area contributed by atoms with Gasteiger partial charge in [0.2, 0.25) is 5.91 Å². The molecule has 1 aromatic carbocycles. The van der Waals surface area contributed by atoms with E-state index in [0.29, 0.717) is 11.3 Å². The van der Waals surface area contributed by atoms with Gasteiger partial charge in [-0.15, -0.1) is 0 Å². The van der Waals surface area contributed by atoms with E-state index in [1.807, 2.05) is 18.2 Å². The number of hydrogen-bond acceptors (Lipinski definition) is 3. The smallest absolute Gasteiger partial charge is 0.259 e. The van der Waals surface area contributed by atoms with E-state index >= 15 is 0 Å². The number of carbonyl (C=O) groups excluding carboxylic acids is 2. The Bertz CT molecular complexity index is 606. The van der Waals surface area contributed by atoms with Gasteiger partial charge in [-0.1, -0.05) is 37.6 Å². The second-order valence-electron chi connectivity index (χ2n) is 6.28. The molecule has 1 aliphatic carbocycles. The highest BCUT2D eigenvalue weighted by atomic mass is 16.3. The quantitative estimate of drug-likeness (QED) is 0.890. The van der Waals surface area contributed by atoms with Crippen LogP contribution >= 0.6 is 0 Å². The van der Waals surface area contributed by atoms with Gasteiger partial charge in [0.25, 0.3) is 5.91 Å². The van der Waals surface area contributed by atoms with Gasteiger partial charge in [-0.3, -0.25) is 14.5 Å². The van der Waals surface area contributed by atoms with E-state index in [1.54, 1.807) is 6.07 Å². The third-order valence-electron chi connectivity index (χ3n) is 4.83. The summed E-state index contributed by atoms with van der Waals surface area (Å²) >= 11 is 0. The van der Waals surface area contributed by atoms with Gasteiger partial charge >= 0.3 is 0 Å². The Morgan fingerprint density at radius 2 is 1.96 bits per heavy atom. The molecule has 122 valence electrons. The largest absolute Gasteiger partial charge is 0.396 e. The number of aliphatic hydroxyl groups is 1. The third kappa shape index (κ3) is 3.01. The van der Waals surface area contributed by atoms with E-state index in [4.69, 9.17) is 0 Å². The molecule has 0 radical (unpaired) electrons. The molecule has 1 fully saturated rings. The molecule has 5 heteroatoms. The van der Waals surface area contributed by atoms with Crippen LogP contribution in [-0.2, 0) is 4.79 Å². The molecule has 0 aromatic heterocycles. The van der Waals surface area contributed by atoms with Gasteiger partial charge in [-0.25, -0.2) is 0 Å². The van der Waals surface area contributed by atoms with Gasteiger partial charge in [0.15, 0.2) is 0 Å². The Morgan fingerprint density at radius 3 is 2.65 bits per heavy atom. The van der Waals surface area contributed by atoms with Crippen molar-refractivity contribution in [2.45, 2.75) is 31.7 Å². The van der Waals surface area contributed by atoms with Crippen LogP contribution in [0.15, 0.2) is 30.8 Å². The Hall–Kier alpha value is -2.14. The lowest BCUT2D eigenvalue weighted by molar-refractivity contribution is -0.122. The van der Waals surface area contributed by atoms with Crippen LogP contribution in [0.2, 0.25) is 0 Å².